The highest BCUT2D eigenvalue weighted by Gasteiger charge is 2.14. The lowest BCUT2D eigenvalue weighted by atomic mass is 10.1. The van der Waals surface area contributed by atoms with Gasteiger partial charge in [0.1, 0.15) is 12.1 Å². The predicted molar refractivity (Wildman–Crippen MR) is 81.5 cm³/mol. The zero-order valence-corrected chi connectivity index (χ0v) is 14.4. The quantitative estimate of drug-likeness (QED) is 0.567. The van der Waals surface area contributed by atoms with Crippen molar-refractivity contribution in [2.45, 2.75) is 39.8 Å². The molecule has 0 aliphatic carbocycles. The molecule has 0 saturated carbocycles. The highest BCUT2D eigenvalue weighted by molar-refractivity contribution is 8.93. The Morgan fingerprint density at radius 1 is 0.778 bits per heavy atom. The average Bonchev–Trinajstić information content (AvgIpc) is 2.15. The number of hydrogen-bond acceptors (Lipinski definition) is 4. The molecule has 0 radical (unpaired) electrons. The maximum atomic E-state index is 10.0. The molecule has 0 heterocycles. The average molecular weight is 396 g/mol. The van der Waals surface area contributed by atoms with Gasteiger partial charge in [-0.05, 0) is 11.8 Å². The van der Waals surface area contributed by atoms with Crippen molar-refractivity contribution < 1.29 is 19.8 Å². The van der Waals surface area contributed by atoms with Crippen molar-refractivity contribution in [1.82, 2.24) is 0 Å². The molecule has 0 saturated heterocycles. The molecule has 2 atom stereocenters. The summed E-state index contributed by atoms with van der Waals surface area (Å²) in [5, 5.41) is 16.5. The number of nitrogens with two attached hydrogens (primary N) is 2. The molecule has 0 aromatic heterocycles. The van der Waals surface area contributed by atoms with Gasteiger partial charge in [-0.1, -0.05) is 27.7 Å². The summed E-state index contributed by atoms with van der Waals surface area (Å²) in [5.41, 5.74) is 10.3. The summed E-state index contributed by atoms with van der Waals surface area (Å²) in [6.45, 7) is 7.11. The van der Waals surface area contributed by atoms with E-state index in [0.717, 1.165) is 0 Å². The topological polar surface area (TPSA) is 127 Å². The van der Waals surface area contributed by atoms with E-state index in [1.165, 1.54) is 0 Å². The molecule has 6 N–H and O–H groups in total. The molecule has 0 aliphatic rings. The summed E-state index contributed by atoms with van der Waals surface area (Å²) in [6, 6.07) is -1.43. The normalized spacial score (nSPS) is 12.4. The number of carboxylic acids is 2. The van der Waals surface area contributed by atoms with Crippen LogP contribution in [0.2, 0.25) is 0 Å². The van der Waals surface area contributed by atoms with Gasteiger partial charge in [-0.3, -0.25) is 9.59 Å². The van der Waals surface area contributed by atoms with Crippen LogP contribution in [0.3, 0.4) is 0 Å². The Balaban J connectivity index is -0.0000000980. The van der Waals surface area contributed by atoms with Crippen LogP contribution in [0.5, 0.6) is 0 Å². The first-order valence-corrected chi connectivity index (χ1v) is 5.08. The third kappa shape index (κ3) is 13.9. The highest BCUT2D eigenvalue weighted by atomic mass is 79.9. The van der Waals surface area contributed by atoms with Crippen molar-refractivity contribution in [3.63, 3.8) is 0 Å². The number of rotatable bonds is 4. The van der Waals surface area contributed by atoms with Crippen LogP contribution in [0, 0.1) is 11.8 Å². The van der Waals surface area contributed by atoms with Gasteiger partial charge in [-0.15, -0.1) is 34.0 Å². The van der Waals surface area contributed by atoms with Gasteiger partial charge in [0.25, 0.3) is 0 Å². The molecule has 112 valence electrons. The van der Waals surface area contributed by atoms with Crippen molar-refractivity contribution in [2.24, 2.45) is 23.3 Å². The summed E-state index contributed by atoms with van der Waals surface area (Å²) in [4.78, 5) is 20.0. The zero-order chi connectivity index (χ0) is 13.5. The van der Waals surface area contributed by atoms with E-state index in [1.54, 1.807) is 27.7 Å². The zero-order valence-electron chi connectivity index (χ0n) is 11.0. The van der Waals surface area contributed by atoms with E-state index in [4.69, 9.17) is 21.7 Å². The molecule has 0 unspecified atom stereocenters. The first-order valence-electron chi connectivity index (χ1n) is 5.08. The lowest BCUT2D eigenvalue weighted by molar-refractivity contribution is -0.140. The van der Waals surface area contributed by atoms with Crippen molar-refractivity contribution in [1.29, 1.82) is 0 Å². The number of hydrogen-bond donors (Lipinski definition) is 4. The molecular weight excluding hydrogens is 372 g/mol. The minimum Gasteiger partial charge on any atom is -0.480 e. The van der Waals surface area contributed by atoms with E-state index >= 15 is 0 Å². The maximum absolute atomic E-state index is 10.0. The largest absolute Gasteiger partial charge is 0.480 e. The number of carboxylic acid groups (broad SMARTS) is 2. The van der Waals surface area contributed by atoms with Gasteiger partial charge in [0.2, 0.25) is 0 Å². The molecule has 0 rings (SSSR count). The van der Waals surface area contributed by atoms with E-state index in [9.17, 15) is 9.59 Å². The van der Waals surface area contributed by atoms with Crippen molar-refractivity contribution in [2.75, 3.05) is 0 Å². The maximum Gasteiger partial charge on any atom is 0.320 e. The lowest BCUT2D eigenvalue weighted by Gasteiger charge is -2.07. The van der Waals surface area contributed by atoms with E-state index < -0.39 is 24.0 Å². The highest BCUT2D eigenvalue weighted by Crippen LogP contribution is 1.96. The van der Waals surface area contributed by atoms with Gasteiger partial charge in [-0.25, -0.2) is 0 Å². The van der Waals surface area contributed by atoms with Crippen LogP contribution in [-0.4, -0.2) is 34.2 Å². The Kier molecular flexibility index (Phi) is 19.4. The Labute approximate surface area is 129 Å². The number of halogens is 2. The molecule has 6 nitrogen and oxygen atoms in total. The van der Waals surface area contributed by atoms with Crippen molar-refractivity contribution >= 4 is 45.9 Å². The summed E-state index contributed by atoms with van der Waals surface area (Å²) in [6.07, 6.45) is 0. The van der Waals surface area contributed by atoms with E-state index in [2.05, 4.69) is 0 Å². The van der Waals surface area contributed by atoms with Crippen LogP contribution in [-0.2, 0) is 9.59 Å². The fraction of sp³-hybridized carbons (Fsp3) is 0.800. The van der Waals surface area contributed by atoms with Crippen LogP contribution in [0.4, 0.5) is 0 Å². The molecule has 0 aliphatic heterocycles. The molecule has 0 spiro atoms. The number of carbonyl (C=O) groups is 2. The Hall–Kier alpha value is -0.180. The van der Waals surface area contributed by atoms with Crippen LogP contribution in [0.15, 0.2) is 0 Å². The third-order valence-corrected chi connectivity index (χ3v) is 2.01. The first-order chi connectivity index (χ1) is 7.11. The molecule has 0 aromatic carbocycles. The second kappa shape index (κ2) is 13.3. The fourth-order valence-electron chi connectivity index (χ4n) is 0.570. The monoisotopic (exact) mass is 394 g/mol. The molecule has 8 heteroatoms. The molecule has 0 amide bonds. The van der Waals surface area contributed by atoms with Crippen LogP contribution in [0.1, 0.15) is 27.7 Å². The molecule has 0 fully saturated rings. The summed E-state index contributed by atoms with van der Waals surface area (Å²) >= 11 is 0. The van der Waals surface area contributed by atoms with Crippen LogP contribution >= 0.6 is 34.0 Å². The van der Waals surface area contributed by atoms with E-state index in [-0.39, 0.29) is 45.8 Å². The fourth-order valence-corrected chi connectivity index (χ4v) is 0.570. The molecule has 0 aromatic rings. The Bertz CT molecular complexity index is 214. The van der Waals surface area contributed by atoms with E-state index in [0.29, 0.717) is 0 Å². The van der Waals surface area contributed by atoms with Gasteiger partial charge >= 0.3 is 11.9 Å². The summed E-state index contributed by atoms with van der Waals surface area (Å²) < 4.78 is 0. The van der Waals surface area contributed by atoms with Gasteiger partial charge in [0.15, 0.2) is 0 Å². The smallest absolute Gasteiger partial charge is 0.320 e. The summed E-state index contributed by atoms with van der Waals surface area (Å²) in [5.74, 6) is -1.82. The minimum absolute atomic E-state index is 0. The molecular formula is C10H24Br2N2O4. The lowest BCUT2D eigenvalue weighted by Crippen LogP contribution is -2.34. The molecule has 18 heavy (non-hydrogen) atoms. The third-order valence-electron chi connectivity index (χ3n) is 2.01. The predicted octanol–water partition coefficient (Wildman–Crippen LogP) is 1.26. The van der Waals surface area contributed by atoms with Crippen molar-refractivity contribution in [3.05, 3.63) is 0 Å². The van der Waals surface area contributed by atoms with Gasteiger partial charge < -0.3 is 21.7 Å². The minimum atomic E-state index is -0.931. The van der Waals surface area contributed by atoms with Crippen molar-refractivity contribution in [3.8, 4) is 0 Å². The SMILES string of the molecule is Br.Br.CC(C)[C@H](N)C(=O)O.CC(C)[C@H](N)C(=O)O. The molecule has 0 bridgehead atoms. The second-order valence-electron chi connectivity index (χ2n) is 4.22. The van der Waals surface area contributed by atoms with Gasteiger partial charge in [-0.2, -0.15) is 0 Å². The standard InChI is InChI=1S/2C5H11NO2.2BrH/c2*1-3(2)4(6)5(7)8;;/h2*3-4H,6H2,1-2H3,(H,7,8);2*1H/t2*4-;;/m00../s1. The van der Waals surface area contributed by atoms with Crippen LogP contribution in [0.25, 0.3) is 0 Å². The summed E-state index contributed by atoms with van der Waals surface area (Å²) in [7, 11) is 0. The van der Waals surface area contributed by atoms with Gasteiger partial charge in [0, 0.05) is 0 Å². The first kappa shape index (κ1) is 26.4. The Morgan fingerprint density at radius 2 is 0.944 bits per heavy atom. The van der Waals surface area contributed by atoms with Crippen LogP contribution < -0.4 is 11.5 Å². The van der Waals surface area contributed by atoms with Gasteiger partial charge in [0.05, 0.1) is 0 Å². The number of aliphatic carboxylic acids is 2. The second-order valence-corrected chi connectivity index (χ2v) is 4.22. The Morgan fingerprint density at radius 3 is 0.944 bits per heavy atom. The van der Waals surface area contributed by atoms with E-state index in [1.807, 2.05) is 0 Å².